The van der Waals surface area contributed by atoms with Gasteiger partial charge in [0.1, 0.15) is 12.0 Å². The first-order chi connectivity index (χ1) is 3.93. The van der Waals surface area contributed by atoms with E-state index in [1.165, 1.54) is 25.0 Å². The second-order valence-electron chi connectivity index (χ2n) is 2.16. The molecule has 0 aliphatic carbocycles. The molecule has 0 N–H and O–H groups in total. The highest BCUT2D eigenvalue weighted by Gasteiger charge is 2.06. The Morgan fingerprint density at radius 1 is 1.50 bits per heavy atom. The van der Waals surface area contributed by atoms with Crippen LogP contribution in [0.5, 0.6) is 0 Å². The molecule has 1 aliphatic rings. The maximum Gasteiger partial charge on any atom is 0.138 e. The van der Waals surface area contributed by atoms with Crippen LogP contribution in [0.25, 0.3) is 0 Å². The molecule has 46 valence electrons. The lowest BCUT2D eigenvalue weighted by atomic mass is 10.2. The molecule has 0 unspecified atom stereocenters. The van der Waals surface area contributed by atoms with Crippen molar-refractivity contribution in [3.63, 3.8) is 0 Å². The van der Waals surface area contributed by atoms with Crippen molar-refractivity contribution < 1.29 is 4.74 Å². The summed E-state index contributed by atoms with van der Waals surface area (Å²) >= 11 is 0. The fourth-order valence-electron chi connectivity index (χ4n) is 0.709. The molecular formula is C7H12O. The monoisotopic (exact) mass is 112 g/mol. The van der Waals surface area contributed by atoms with Crippen molar-refractivity contribution in [3.8, 4) is 0 Å². The minimum Gasteiger partial charge on any atom is -0.463 e. The van der Waals surface area contributed by atoms with Crippen LogP contribution < -0.4 is 0 Å². The summed E-state index contributed by atoms with van der Waals surface area (Å²) in [5.41, 5.74) is 0. The lowest BCUT2D eigenvalue weighted by Crippen LogP contribution is -1.71. The van der Waals surface area contributed by atoms with Gasteiger partial charge in [-0.25, -0.2) is 0 Å². The van der Waals surface area contributed by atoms with Crippen molar-refractivity contribution in [2.45, 2.75) is 32.6 Å². The molecule has 0 atom stereocenters. The zero-order valence-electron chi connectivity index (χ0n) is 5.31. The smallest absolute Gasteiger partial charge is 0.138 e. The molecule has 0 fully saturated rings. The van der Waals surface area contributed by atoms with Crippen LogP contribution >= 0.6 is 0 Å². The van der Waals surface area contributed by atoms with Crippen LogP contribution in [0, 0.1) is 0 Å². The number of hydrogen-bond donors (Lipinski definition) is 0. The van der Waals surface area contributed by atoms with Crippen LogP contribution in [0.3, 0.4) is 0 Å². The Bertz CT molecular complexity index is 94.6. The highest BCUT2D eigenvalue weighted by Crippen LogP contribution is 2.20. The fraction of sp³-hybridized carbons (Fsp3) is 0.714. The van der Waals surface area contributed by atoms with E-state index in [9.17, 15) is 0 Å². The van der Waals surface area contributed by atoms with Gasteiger partial charge in [0.15, 0.2) is 0 Å². The summed E-state index contributed by atoms with van der Waals surface area (Å²) in [4.78, 5) is 0. The van der Waals surface area contributed by atoms with Gasteiger partial charge in [-0.05, 0) is 6.42 Å². The highest BCUT2D eigenvalue weighted by molar-refractivity contribution is 5.01. The molecule has 0 aromatic carbocycles. The molecule has 1 rings (SSSR count). The zero-order chi connectivity index (χ0) is 5.82. The van der Waals surface area contributed by atoms with Crippen LogP contribution in [0.1, 0.15) is 32.6 Å². The Morgan fingerprint density at radius 2 is 2.25 bits per heavy atom. The number of hydrogen-bond acceptors (Lipinski definition) is 1. The normalized spacial score (nSPS) is 14.9. The number of ether oxygens (including phenoxy) is 1. The second kappa shape index (κ2) is 2.75. The molecule has 8 heavy (non-hydrogen) atoms. The van der Waals surface area contributed by atoms with Crippen LogP contribution in [0.15, 0.2) is 12.0 Å². The maximum absolute atomic E-state index is 4.85. The molecule has 0 aromatic heterocycles. The van der Waals surface area contributed by atoms with E-state index in [1.54, 1.807) is 0 Å². The molecule has 0 aromatic rings. The predicted molar refractivity (Wildman–Crippen MR) is 33.3 cm³/mol. The van der Waals surface area contributed by atoms with Gasteiger partial charge < -0.3 is 4.74 Å². The Hall–Kier alpha value is -0.460. The van der Waals surface area contributed by atoms with Crippen molar-refractivity contribution in [3.05, 3.63) is 12.0 Å². The first-order valence-electron chi connectivity index (χ1n) is 3.29. The Balaban J connectivity index is 1.81. The second-order valence-corrected chi connectivity index (χ2v) is 2.16. The summed E-state index contributed by atoms with van der Waals surface area (Å²) in [7, 11) is 0. The molecule has 0 saturated heterocycles. The molecule has 0 bridgehead atoms. The quantitative estimate of drug-likeness (QED) is 0.509. The number of allylic oxidation sites excluding steroid dienone is 1. The van der Waals surface area contributed by atoms with Crippen LogP contribution in [-0.2, 0) is 4.74 Å². The van der Waals surface area contributed by atoms with Crippen molar-refractivity contribution in [2.24, 2.45) is 0 Å². The third kappa shape index (κ3) is 2.01. The van der Waals surface area contributed by atoms with Crippen molar-refractivity contribution in [1.82, 2.24) is 0 Å². The van der Waals surface area contributed by atoms with Gasteiger partial charge in [0.05, 0.1) is 0 Å². The SMILES string of the molecule is CCCCCC1=CO1. The number of unbranched alkanes of at least 4 members (excludes halogenated alkanes) is 2. The molecule has 1 heteroatoms. The summed E-state index contributed by atoms with van der Waals surface area (Å²) in [6.07, 6.45) is 6.92. The molecule has 0 spiro atoms. The first-order valence-corrected chi connectivity index (χ1v) is 3.29. The average Bonchev–Trinajstić information content (AvgIpc) is 2.51. The van der Waals surface area contributed by atoms with Gasteiger partial charge in [-0.15, -0.1) is 0 Å². The van der Waals surface area contributed by atoms with Gasteiger partial charge in [-0.1, -0.05) is 19.8 Å². The predicted octanol–water partition coefficient (Wildman–Crippen LogP) is 2.44. The molecule has 0 saturated carbocycles. The Labute approximate surface area is 50.3 Å². The van der Waals surface area contributed by atoms with Crippen LogP contribution in [0.4, 0.5) is 0 Å². The van der Waals surface area contributed by atoms with Gasteiger partial charge in [-0.3, -0.25) is 0 Å². The van der Waals surface area contributed by atoms with Crippen molar-refractivity contribution >= 4 is 0 Å². The van der Waals surface area contributed by atoms with Crippen molar-refractivity contribution in [1.29, 1.82) is 0 Å². The average molecular weight is 112 g/mol. The van der Waals surface area contributed by atoms with E-state index in [0.29, 0.717) is 0 Å². The molecular weight excluding hydrogens is 100 g/mol. The van der Waals surface area contributed by atoms with Crippen molar-refractivity contribution in [2.75, 3.05) is 0 Å². The molecule has 1 heterocycles. The van der Waals surface area contributed by atoms with E-state index in [0.717, 1.165) is 6.42 Å². The van der Waals surface area contributed by atoms with E-state index < -0.39 is 0 Å². The fourth-order valence-corrected chi connectivity index (χ4v) is 0.709. The third-order valence-electron chi connectivity index (χ3n) is 1.31. The standard InChI is InChI=1S/C7H12O/c1-2-3-4-5-7-6-8-7/h6H,2-5H2,1H3. The molecule has 0 radical (unpaired) electrons. The van der Waals surface area contributed by atoms with Gasteiger partial charge in [-0.2, -0.15) is 0 Å². The minimum atomic E-state index is 1.16. The van der Waals surface area contributed by atoms with Gasteiger partial charge >= 0.3 is 0 Å². The van der Waals surface area contributed by atoms with E-state index in [2.05, 4.69) is 6.92 Å². The van der Waals surface area contributed by atoms with E-state index >= 15 is 0 Å². The van der Waals surface area contributed by atoms with Gasteiger partial charge in [0.2, 0.25) is 0 Å². The largest absolute Gasteiger partial charge is 0.463 e. The Morgan fingerprint density at radius 3 is 2.75 bits per heavy atom. The van der Waals surface area contributed by atoms with Gasteiger partial charge in [0.25, 0.3) is 0 Å². The van der Waals surface area contributed by atoms with Crippen LogP contribution in [-0.4, -0.2) is 0 Å². The zero-order valence-corrected chi connectivity index (χ0v) is 5.31. The van der Waals surface area contributed by atoms with Crippen LogP contribution in [0.2, 0.25) is 0 Å². The topological polar surface area (TPSA) is 12.5 Å². The third-order valence-corrected chi connectivity index (χ3v) is 1.31. The lowest BCUT2D eigenvalue weighted by molar-refractivity contribution is 0.474. The van der Waals surface area contributed by atoms with E-state index in [-0.39, 0.29) is 0 Å². The molecule has 1 aliphatic heterocycles. The summed E-state index contributed by atoms with van der Waals surface area (Å²) in [5, 5.41) is 0. The lowest BCUT2D eigenvalue weighted by Gasteiger charge is -1.88. The minimum absolute atomic E-state index is 1.16. The van der Waals surface area contributed by atoms with E-state index in [4.69, 9.17) is 4.74 Å². The summed E-state index contributed by atoms with van der Waals surface area (Å²) in [6.45, 7) is 2.21. The first kappa shape index (κ1) is 5.67. The molecule has 1 nitrogen and oxygen atoms in total. The van der Waals surface area contributed by atoms with Gasteiger partial charge in [0, 0.05) is 6.42 Å². The maximum atomic E-state index is 4.85. The summed E-state index contributed by atoms with van der Waals surface area (Å²) < 4.78 is 4.85. The Kier molecular flexibility index (Phi) is 1.95. The highest BCUT2D eigenvalue weighted by atomic mass is 16.5. The number of rotatable bonds is 4. The summed E-state index contributed by atoms with van der Waals surface area (Å²) in [6, 6.07) is 0. The summed E-state index contributed by atoms with van der Waals surface area (Å²) in [5.74, 6) is 1.19. The van der Waals surface area contributed by atoms with E-state index in [1.807, 2.05) is 6.26 Å². The molecule has 0 amide bonds.